The summed E-state index contributed by atoms with van der Waals surface area (Å²) in [5, 5.41) is 3.18. The summed E-state index contributed by atoms with van der Waals surface area (Å²) in [6.45, 7) is 2.27. The molecule has 1 fully saturated rings. The minimum absolute atomic E-state index is 0.290. The summed E-state index contributed by atoms with van der Waals surface area (Å²) in [5.74, 6) is 0.290. The lowest BCUT2D eigenvalue weighted by atomic mass is 10.1. The molecule has 0 bridgehead atoms. The van der Waals surface area contributed by atoms with Crippen molar-refractivity contribution < 1.29 is 4.79 Å². The van der Waals surface area contributed by atoms with Crippen LogP contribution in [0.4, 0.5) is 0 Å². The van der Waals surface area contributed by atoms with E-state index in [1.807, 2.05) is 0 Å². The number of unbranched alkanes of at least 4 members (excludes halogenated alkanes) is 10. The van der Waals surface area contributed by atoms with E-state index in [0.29, 0.717) is 6.04 Å². The van der Waals surface area contributed by atoms with Crippen molar-refractivity contribution in [3.63, 3.8) is 0 Å². The molecule has 0 aliphatic heterocycles. The minimum Gasteiger partial charge on any atom is -0.353 e. The van der Waals surface area contributed by atoms with Crippen LogP contribution in [-0.4, -0.2) is 11.9 Å². The van der Waals surface area contributed by atoms with Crippen molar-refractivity contribution >= 4 is 5.91 Å². The Balaban J connectivity index is 1.76. The van der Waals surface area contributed by atoms with Crippen LogP contribution in [0.1, 0.15) is 110 Å². The Bertz CT molecular complexity index is 246. The molecule has 0 unspecified atom stereocenters. The number of carbonyl (C=O) groups is 1. The van der Waals surface area contributed by atoms with Crippen molar-refractivity contribution in [3.8, 4) is 0 Å². The van der Waals surface area contributed by atoms with E-state index in [1.165, 1.54) is 89.9 Å². The van der Waals surface area contributed by atoms with Gasteiger partial charge in [-0.15, -0.1) is 0 Å². The van der Waals surface area contributed by atoms with Crippen LogP contribution < -0.4 is 5.32 Å². The highest BCUT2D eigenvalue weighted by molar-refractivity contribution is 5.76. The van der Waals surface area contributed by atoms with E-state index in [0.717, 1.165) is 12.8 Å². The van der Waals surface area contributed by atoms with Crippen LogP contribution >= 0.6 is 0 Å². The number of hydrogen-bond acceptors (Lipinski definition) is 1. The minimum atomic E-state index is 0.290. The van der Waals surface area contributed by atoms with Gasteiger partial charge < -0.3 is 5.32 Å². The maximum atomic E-state index is 11.7. The molecule has 0 aromatic heterocycles. The van der Waals surface area contributed by atoms with Gasteiger partial charge in [0.15, 0.2) is 0 Å². The van der Waals surface area contributed by atoms with Crippen molar-refractivity contribution in [2.75, 3.05) is 0 Å². The van der Waals surface area contributed by atoms with Crippen molar-refractivity contribution in [2.45, 2.75) is 116 Å². The van der Waals surface area contributed by atoms with Gasteiger partial charge in [-0.3, -0.25) is 4.79 Å². The average Bonchev–Trinajstić information content (AvgIpc) is 2.97. The second-order valence-corrected chi connectivity index (χ2v) is 6.83. The maximum Gasteiger partial charge on any atom is 0.220 e. The first-order valence-electron chi connectivity index (χ1n) is 9.62. The highest BCUT2D eigenvalue weighted by atomic mass is 16.1. The largest absolute Gasteiger partial charge is 0.353 e. The summed E-state index contributed by atoms with van der Waals surface area (Å²) in [5.41, 5.74) is 0. The fourth-order valence-corrected chi connectivity index (χ4v) is 3.32. The van der Waals surface area contributed by atoms with Crippen molar-refractivity contribution in [1.29, 1.82) is 0 Å². The summed E-state index contributed by atoms with van der Waals surface area (Å²) < 4.78 is 0. The van der Waals surface area contributed by atoms with Gasteiger partial charge in [-0.2, -0.15) is 0 Å². The number of amides is 1. The van der Waals surface area contributed by atoms with Crippen LogP contribution in [-0.2, 0) is 4.79 Å². The molecule has 2 nitrogen and oxygen atoms in total. The lowest BCUT2D eigenvalue weighted by Gasteiger charge is -2.11. The summed E-state index contributed by atoms with van der Waals surface area (Å²) in [6, 6.07) is 0.491. The molecule has 1 saturated carbocycles. The van der Waals surface area contributed by atoms with Crippen LogP contribution in [0.2, 0.25) is 0 Å². The Morgan fingerprint density at radius 3 is 1.81 bits per heavy atom. The van der Waals surface area contributed by atoms with Crippen LogP contribution in [0.3, 0.4) is 0 Å². The van der Waals surface area contributed by atoms with Gasteiger partial charge in [0.2, 0.25) is 5.91 Å². The van der Waals surface area contributed by atoms with Crippen molar-refractivity contribution in [1.82, 2.24) is 5.32 Å². The van der Waals surface area contributed by atoms with Crippen molar-refractivity contribution in [3.05, 3.63) is 0 Å². The molecule has 0 radical (unpaired) electrons. The van der Waals surface area contributed by atoms with E-state index in [1.54, 1.807) is 0 Å². The fourth-order valence-electron chi connectivity index (χ4n) is 3.32. The first-order valence-corrected chi connectivity index (χ1v) is 9.62. The van der Waals surface area contributed by atoms with E-state index in [4.69, 9.17) is 0 Å². The van der Waals surface area contributed by atoms with Gasteiger partial charge >= 0.3 is 0 Å². The van der Waals surface area contributed by atoms with Gasteiger partial charge in [-0.25, -0.2) is 0 Å². The second kappa shape index (κ2) is 13.2. The third-order valence-corrected chi connectivity index (χ3v) is 4.73. The van der Waals surface area contributed by atoms with E-state index < -0.39 is 0 Å². The maximum absolute atomic E-state index is 11.7. The Morgan fingerprint density at radius 2 is 1.29 bits per heavy atom. The molecule has 21 heavy (non-hydrogen) atoms. The van der Waals surface area contributed by atoms with E-state index in [9.17, 15) is 4.79 Å². The molecule has 1 rings (SSSR count). The lowest BCUT2D eigenvalue weighted by Crippen LogP contribution is -2.32. The molecule has 1 N–H and O–H groups in total. The molecular weight excluding hydrogens is 258 g/mol. The van der Waals surface area contributed by atoms with Gasteiger partial charge in [-0.1, -0.05) is 84.0 Å². The average molecular weight is 296 g/mol. The molecule has 124 valence electrons. The number of hydrogen-bond donors (Lipinski definition) is 1. The Labute approximate surface area is 132 Å². The first kappa shape index (κ1) is 18.5. The lowest BCUT2D eigenvalue weighted by molar-refractivity contribution is -0.121. The first-order chi connectivity index (χ1) is 10.3. The predicted molar refractivity (Wildman–Crippen MR) is 91.5 cm³/mol. The van der Waals surface area contributed by atoms with Gasteiger partial charge in [0.1, 0.15) is 0 Å². The van der Waals surface area contributed by atoms with Crippen LogP contribution in [0, 0.1) is 0 Å². The Kier molecular flexibility index (Phi) is 11.6. The second-order valence-electron chi connectivity index (χ2n) is 6.83. The Hall–Kier alpha value is -0.530. The molecule has 1 aliphatic rings. The molecule has 2 heteroatoms. The zero-order chi connectivity index (χ0) is 15.2. The SMILES string of the molecule is CCCCCCCCCCCCCC(=O)NC1CCCC1. The molecule has 1 amide bonds. The monoisotopic (exact) mass is 295 g/mol. The van der Waals surface area contributed by atoms with Crippen LogP contribution in [0.15, 0.2) is 0 Å². The van der Waals surface area contributed by atoms with E-state index in [-0.39, 0.29) is 5.91 Å². The third kappa shape index (κ3) is 10.8. The molecule has 0 aromatic rings. The van der Waals surface area contributed by atoms with Gasteiger partial charge in [0, 0.05) is 12.5 Å². The predicted octanol–water partition coefficient (Wildman–Crippen LogP) is 5.75. The van der Waals surface area contributed by atoms with Gasteiger partial charge in [0.25, 0.3) is 0 Å². The highest BCUT2D eigenvalue weighted by Crippen LogP contribution is 2.18. The number of carbonyl (C=O) groups excluding carboxylic acids is 1. The molecule has 0 spiro atoms. The molecule has 0 saturated heterocycles. The fraction of sp³-hybridized carbons (Fsp3) is 0.947. The molecule has 1 aliphatic carbocycles. The highest BCUT2D eigenvalue weighted by Gasteiger charge is 2.16. The summed E-state index contributed by atoms with van der Waals surface area (Å²) >= 11 is 0. The molecule has 0 aromatic carbocycles. The number of rotatable bonds is 13. The molecule has 0 heterocycles. The van der Waals surface area contributed by atoms with Crippen molar-refractivity contribution in [2.24, 2.45) is 0 Å². The smallest absolute Gasteiger partial charge is 0.220 e. The van der Waals surface area contributed by atoms with Crippen LogP contribution in [0.25, 0.3) is 0 Å². The topological polar surface area (TPSA) is 29.1 Å². The quantitative estimate of drug-likeness (QED) is 0.431. The standard InChI is InChI=1S/C19H37NO/c1-2-3-4-5-6-7-8-9-10-11-12-17-19(21)20-18-15-13-14-16-18/h18H,2-17H2,1H3,(H,20,21). The van der Waals surface area contributed by atoms with E-state index >= 15 is 0 Å². The molecular formula is C19H37NO. The summed E-state index contributed by atoms with van der Waals surface area (Å²) in [4.78, 5) is 11.7. The Morgan fingerprint density at radius 1 is 0.810 bits per heavy atom. The van der Waals surface area contributed by atoms with Gasteiger partial charge in [-0.05, 0) is 19.3 Å². The zero-order valence-electron chi connectivity index (χ0n) is 14.3. The third-order valence-electron chi connectivity index (χ3n) is 4.73. The van der Waals surface area contributed by atoms with Crippen LogP contribution in [0.5, 0.6) is 0 Å². The molecule has 0 atom stereocenters. The zero-order valence-corrected chi connectivity index (χ0v) is 14.3. The normalized spacial score (nSPS) is 15.5. The summed E-state index contributed by atoms with van der Waals surface area (Å²) in [6.07, 6.45) is 20.5. The number of nitrogens with one attached hydrogen (secondary N) is 1. The van der Waals surface area contributed by atoms with E-state index in [2.05, 4.69) is 12.2 Å². The summed E-state index contributed by atoms with van der Waals surface area (Å²) in [7, 11) is 0. The van der Waals surface area contributed by atoms with Gasteiger partial charge in [0.05, 0.1) is 0 Å².